The normalized spacial score (nSPS) is 21.6. The van der Waals surface area contributed by atoms with E-state index in [1.807, 2.05) is 25.1 Å². The Morgan fingerprint density at radius 2 is 1.95 bits per heavy atom. The van der Waals surface area contributed by atoms with E-state index in [1.165, 1.54) is 0 Å². The molecular weight excluding hydrogens is 334 g/mol. The summed E-state index contributed by atoms with van der Waals surface area (Å²) in [6.45, 7) is 3.38. The van der Waals surface area contributed by atoms with Gasteiger partial charge in [-0.2, -0.15) is 0 Å². The SMILES string of the molecule is Cc1ccc(C(=O)NC2CCC3(CC2)OCCO3)c(Br)c1. The van der Waals surface area contributed by atoms with Crippen LogP contribution in [-0.4, -0.2) is 30.9 Å². The Bertz CT molecular complexity index is 530. The second kappa shape index (κ2) is 6.07. The molecular formula is C16H20BrNO3. The van der Waals surface area contributed by atoms with Crippen LogP contribution in [0.15, 0.2) is 22.7 Å². The minimum Gasteiger partial charge on any atom is -0.349 e. The molecule has 4 nitrogen and oxygen atoms in total. The van der Waals surface area contributed by atoms with Gasteiger partial charge in [-0.05, 0) is 53.4 Å². The van der Waals surface area contributed by atoms with Gasteiger partial charge in [-0.1, -0.05) is 6.07 Å². The highest BCUT2D eigenvalue weighted by molar-refractivity contribution is 9.10. The number of carbonyl (C=O) groups is 1. The molecule has 5 heteroatoms. The van der Waals surface area contributed by atoms with Crippen LogP contribution >= 0.6 is 15.9 Å². The zero-order valence-corrected chi connectivity index (χ0v) is 13.7. The summed E-state index contributed by atoms with van der Waals surface area (Å²) < 4.78 is 12.3. The minimum absolute atomic E-state index is 0.0175. The summed E-state index contributed by atoms with van der Waals surface area (Å²) in [5.41, 5.74) is 1.82. The lowest BCUT2D eigenvalue weighted by Crippen LogP contribution is -2.44. The molecule has 1 heterocycles. The van der Waals surface area contributed by atoms with Crippen molar-refractivity contribution in [2.24, 2.45) is 0 Å². The molecule has 114 valence electrons. The lowest BCUT2D eigenvalue weighted by molar-refractivity contribution is -0.179. The van der Waals surface area contributed by atoms with Crippen molar-refractivity contribution < 1.29 is 14.3 Å². The van der Waals surface area contributed by atoms with E-state index in [0.717, 1.165) is 35.7 Å². The Kier molecular flexibility index (Phi) is 4.33. The zero-order valence-electron chi connectivity index (χ0n) is 12.2. The number of halogens is 1. The number of hydrogen-bond donors (Lipinski definition) is 1. The highest BCUT2D eigenvalue weighted by Gasteiger charge is 2.40. The molecule has 1 aromatic rings. The quantitative estimate of drug-likeness (QED) is 0.888. The van der Waals surface area contributed by atoms with Gasteiger partial charge in [0.25, 0.3) is 5.91 Å². The van der Waals surface area contributed by atoms with Crippen LogP contribution in [0, 0.1) is 6.92 Å². The van der Waals surface area contributed by atoms with Crippen molar-refractivity contribution in [2.45, 2.75) is 44.4 Å². The first kappa shape index (κ1) is 15.0. The first-order valence-corrected chi connectivity index (χ1v) is 8.22. The fraction of sp³-hybridized carbons (Fsp3) is 0.562. The van der Waals surface area contributed by atoms with Crippen LogP contribution in [0.5, 0.6) is 0 Å². The number of hydrogen-bond acceptors (Lipinski definition) is 3. The van der Waals surface area contributed by atoms with Crippen molar-refractivity contribution in [1.82, 2.24) is 5.32 Å². The summed E-state index contributed by atoms with van der Waals surface area (Å²) in [5.74, 6) is -0.387. The van der Waals surface area contributed by atoms with Gasteiger partial charge in [0.15, 0.2) is 5.79 Å². The summed E-state index contributed by atoms with van der Waals surface area (Å²) in [6, 6.07) is 5.98. The Morgan fingerprint density at radius 1 is 1.29 bits per heavy atom. The van der Waals surface area contributed by atoms with Gasteiger partial charge in [0.05, 0.1) is 18.8 Å². The van der Waals surface area contributed by atoms with Crippen molar-refractivity contribution in [3.05, 3.63) is 33.8 Å². The molecule has 1 spiro atoms. The number of amides is 1. The van der Waals surface area contributed by atoms with Gasteiger partial charge < -0.3 is 14.8 Å². The molecule has 1 N–H and O–H groups in total. The lowest BCUT2D eigenvalue weighted by atomic mass is 9.90. The Morgan fingerprint density at radius 3 is 2.57 bits per heavy atom. The summed E-state index contributed by atoms with van der Waals surface area (Å²) in [6.07, 6.45) is 3.50. The van der Waals surface area contributed by atoms with E-state index in [0.29, 0.717) is 18.8 Å². The van der Waals surface area contributed by atoms with E-state index in [9.17, 15) is 4.79 Å². The van der Waals surface area contributed by atoms with Crippen LogP contribution in [0.1, 0.15) is 41.6 Å². The molecule has 21 heavy (non-hydrogen) atoms. The molecule has 0 aromatic heterocycles. The van der Waals surface area contributed by atoms with Crippen LogP contribution in [0.4, 0.5) is 0 Å². The number of rotatable bonds is 2. The van der Waals surface area contributed by atoms with Crippen molar-refractivity contribution in [2.75, 3.05) is 13.2 Å². The van der Waals surface area contributed by atoms with Crippen LogP contribution < -0.4 is 5.32 Å². The van der Waals surface area contributed by atoms with Crippen molar-refractivity contribution in [3.8, 4) is 0 Å². The third-order valence-corrected chi connectivity index (χ3v) is 4.92. The van der Waals surface area contributed by atoms with Crippen LogP contribution in [0.2, 0.25) is 0 Å². The Balaban J connectivity index is 1.58. The fourth-order valence-corrected chi connectivity index (χ4v) is 3.73. The van der Waals surface area contributed by atoms with Gasteiger partial charge in [-0.25, -0.2) is 0 Å². The van der Waals surface area contributed by atoms with E-state index in [1.54, 1.807) is 0 Å². The summed E-state index contributed by atoms with van der Waals surface area (Å²) in [4.78, 5) is 12.4. The lowest BCUT2D eigenvalue weighted by Gasteiger charge is -2.35. The second-order valence-corrected chi connectivity index (χ2v) is 6.69. The molecule has 0 unspecified atom stereocenters. The van der Waals surface area contributed by atoms with E-state index in [2.05, 4.69) is 21.2 Å². The number of carbonyl (C=O) groups excluding carboxylic acids is 1. The maximum atomic E-state index is 12.4. The maximum absolute atomic E-state index is 12.4. The predicted molar refractivity (Wildman–Crippen MR) is 83.2 cm³/mol. The molecule has 2 aliphatic rings. The Labute approximate surface area is 133 Å². The molecule has 1 saturated heterocycles. The molecule has 0 bridgehead atoms. The summed E-state index contributed by atoms with van der Waals surface area (Å²) in [7, 11) is 0. The topological polar surface area (TPSA) is 47.6 Å². The summed E-state index contributed by atoms with van der Waals surface area (Å²) in [5, 5.41) is 3.12. The summed E-state index contributed by atoms with van der Waals surface area (Å²) >= 11 is 3.46. The molecule has 1 aliphatic carbocycles. The molecule has 1 aromatic carbocycles. The highest BCUT2D eigenvalue weighted by atomic mass is 79.9. The highest BCUT2D eigenvalue weighted by Crippen LogP contribution is 2.35. The Hall–Kier alpha value is -0.910. The largest absolute Gasteiger partial charge is 0.349 e. The van der Waals surface area contributed by atoms with Gasteiger partial charge in [-0.3, -0.25) is 4.79 Å². The van der Waals surface area contributed by atoms with E-state index < -0.39 is 0 Å². The molecule has 3 rings (SSSR count). The van der Waals surface area contributed by atoms with Crippen molar-refractivity contribution >= 4 is 21.8 Å². The molecule has 2 fully saturated rings. The van der Waals surface area contributed by atoms with Gasteiger partial charge in [0.2, 0.25) is 0 Å². The standard InChI is InChI=1S/C16H20BrNO3/c1-11-2-3-13(14(17)10-11)15(19)18-12-4-6-16(7-5-12)20-8-9-21-16/h2-3,10,12H,4-9H2,1H3,(H,18,19). The van der Waals surface area contributed by atoms with E-state index >= 15 is 0 Å². The van der Waals surface area contributed by atoms with Crippen LogP contribution in [0.25, 0.3) is 0 Å². The van der Waals surface area contributed by atoms with E-state index in [-0.39, 0.29) is 17.7 Å². The van der Waals surface area contributed by atoms with Gasteiger partial charge in [0.1, 0.15) is 0 Å². The first-order valence-electron chi connectivity index (χ1n) is 7.43. The van der Waals surface area contributed by atoms with Gasteiger partial charge in [-0.15, -0.1) is 0 Å². The molecule has 1 amide bonds. The number of nitrogens with one attached hydrogen (secondary N) is 1. The number of ether oxygens (including phenoxy) is 2. The van der Waals surface area contributed by atoms with Crippen molar-refractivity contribution in [3.63, 3.8) is 0 Å². The van der Waals surface area contributed by atoms with Gasteiger partial charge in [0, 0.05) is 23.4 Å². The molecule has 1 aliphatic heterocycles. The average molecular weight is 354 g/mol. The van der Waals surface area contributed by atoms with Crippen molar-refractivity contribution in [1.29, 1.82) is 0 Å². The van der Waals surface area contributed by atoms with Crippen LogP contribution in [0.3, 0.4) is 0 Å². The third kappa shape index (κ3) is 3.30. The fourth-order valence-electron chi connectivity index (χ4n) is 3.06. The molecule has 1 saturated carbocycles. The second-order valence-electron chi connectivity index (χ2n) is 5.84. The first-order chi connectivity index (χ1) is 10.1. The van der Waals surface area contributed by atoms with Gasteiger partial charge >= 0.3 is 0 Å². The minimum atomic E-state index is -0.369. The predicted octanol–water partition coefficient (Wildman–Crippen LogP) is 3.17. The average Bonchev–Trinajstić information content (AvgIpc) is 2.90. The number of aryl methyl sites for hydroxylation is 1. The maximum Gasteiger partial charge on any atom is 0.252 e. The van der Waals surface area contributed by atoms with Crippen LogP contribution in [-0.2, 0) is 9.47 Å². The third-order valence-electron chi connectivity index (χ3n) is 4.27. The molecule has 0 atom stereocenters. The van der Waals surface area contributed by atoms with E-state index in [4.69, 9.17) is 9.47 Å². The monoisotopic (exact) mass is 353 g/mol. The zero-order chi connectivity index (χ0) is 14.9. The smallest absolute Gasteiger partial charge is 0.252 e. The molecule has 0 radical (unpaired) electrons. The number of benzene rings is 1.